The normalized spacial score (nSPS) is 22.8. The summed E-state index contributed by atoms with van der Waals surface area (Å²) in [5.74, 6) is -0.540. The highest BCUT2D eigenvalue weighted by molar-refractivity contribution is 5.81. The zero-order valence-corrected chi connectivity index (χ0v) is 16.3. The van der Waals surface area contributed by atoms with E-state index in [4.69, 9.17) is 4.74 Å². The molecule has 0 spiro atoms. The standard InChI is InChI=1S/C24H29NO3/c26-23(24(27,21-13-7-8-14-21)20-11-5-2-6-12-20)28-22-15-16-25(18-22)17-19-9-3-1-4-10-19/h1-6,9-12,21-22,27H,7-8,13-18H2/t22-,24?/m0/s1. The highest BCUT2D eigenvalue weighted by atomic mass is 16.6. The van der Waals surface area contributed by atoms with Gasteiger partial charge in [-0.25, -0.2) is 4.79 Å². The van der Waals surface area contributed by atoms with Crippen LogP contribution in [0.15, 0.2) is 60.7 Å². The molecule has 1 aliphatic heterocycles. The van der Waals surface area contributed by atoms with E-state index in [1.807, 2.05) is 48.5 Å². The molecule has 0 radical (unpaired) electrons. The molecular formula is C24H29NO3. The predicted molar refractivity (Wildman–Crippen MR) is 109 cm³/mol. The lowest BCUT2D eigenvalue weighted by atomic mass is 9.80. The Bertz CT molecular complexity index is 773. The minimum atomic E-state index is -1.54. The molecule has 1 aliphatic carbocycles. The summed E-state index contributed by atoms with van der Waals surface area (Å²) < 4.78 is 5.88. The molecule has 1 heterocycles. The van der Waals surface area contributed by atoms with Crippen molar-refractivity contribution < 1.29 is 14.6 Å². The van der Waals surface area contributed by atoms with Gasteiger partial charge in [0.15, 0.2) is 5.60 Å². The molecule has 2 aliphatic rings. The number of hydrogen-bond donors (Lipinski definition) is 1. The molecule has 2 atom stereocenters. The first-order valence-electron chi connectivity index (χ1n) is 10.4. The zero-order chi connectivity index (χ0) is 19.4. The number of esters is 1. The first-order valence-corrected chi connectivity index (χ1v) is 10.4. The fourth-order valence-corrected chi connectivity index (χ4v) is 4.68. The molecule has 4 heteroatoms. The lowest BCUT2D eigenvalue weighted by Crippen LogP contribution is -2.45. The number of hydrogen-bond acceptors (Lipinski definition) is 4. The maximum Gasteiger partial charge on any atom is 0.343 e. The molecule has 0 aromatic heterocycles. The van der Waals surface area contributed by atoms with E-state index in [0.29, 0.717) is 5.56 Å². The van der Waals surface area contributed by atoms with Crippen LogP contribution in [0.4, 0.5) is 0 Å². The maximum atomic E-state index is 13.2. The largest absolute Gasteiger partial charge is 0.459 e. The summed E-state index contributed by atoms with van der Waals surface area (Å²) in [7, 11) is 0. The Balaban J connectivity index is 1.43. The van der Waals surface area contributed by atoms with E-state index in [0.717, 1.165) is 51.7 Å². The van der Waals surface area contributed by atoms with Gasteiger partial charge in [0.2, 0.25) is 0 Å². The van der Waals surface area contributed by atoms with Crippen LogP contribution in [0, 0.1) is 5.92 Å². The first-order chi connectivity index (χ1) is 13.7. The van der Waals surface area contributed by atoms with Gasteiger partial charge in [-0.3, -0.25) is 4.90 Å². The van der Waals surface area contributed by atoms with Crippen LogP contribution in [0.5, 0.6) is 0 Å². The Labute approximate surface area is 167 Å². The summed E-state index contributed by atoms with van der Waals surface area (Å²) in [5.41, 5.74) is 0.386. The highest BCUT2D eigenvalue weighted by Gasteiger charge is 2.48. The van der Waals surface area contributed by atoms with Crippen LogP contribution in [-0.4, -0.2) is 35.2 Å². The molecule has 28 heavy (non-hydrogen) atoms. The van der Waals surface area contributed by atoms with Crippen LogP contribution in [0.1, 0.15) is 43.2 Å². The molecule has 2 fully saturated rings. The monoisotopic (exact) mass is 379 g/mol. The third kappa shape index (κ3) is 3.98. The Morgan fingerprint density at radius 2 is 1.64 bits per heavy atom. The quantitative estimate of drug-likeness (QED) is 0.774. The number of nitrogens with zero attached hydrogens (tertiary/aromatic N) is 1. The Morgan fingerprint density at radius 3 is 2.32 bits per heavy atom. The van der Waals surface area contributed by atoms with Crippen molar-refractivity contribution in [1.82, 2.24) is 4.90 Å². The highest BCUT2D eigenvalue weighted by Crippen LogP contribution is 2.42. The average Bonchev–Trinajstić information content (AvgIpc) is 3.41. The Kier molecular flexibility index (Phi) is 5.79. The lowest BCUT2D eigenvalue weighted by molar-refractivity contribution is -0.178. The summed E-state index contributed by atoms with van der Waals surface area (Å²) in [6, 6.07) is 19.7. The van der Waals surface area contributed by atoms with E-state index < -0.39 is 11.6 Å². The van der Waals surface area contributed by atoms with E-state index in [1.165, 1.54) is 5.56 Å². The molecule has 0 bridgehead atoms. The van der Waals surface area contributed by atoms with Crippen LogP contribution < -0.4 is 0 Å². The van der Waals surface area contributed by atoms with Crippen molar-refractivity contribution in [2.45, 2.75) is 50.4 Å². The second-order valence-corrected chi connectivity index (χ2v) is 8.15. The second kappa shape index (κ2) is 8.46. The van der Waals surface area contributed by atoms with Crippen molar-refractivity contribution >= 4 is 5.97 Å². The van der Waals surface area contributed by atoms with Gasteiger partial charge in [-0.2, -0.15) is 0 Å². The first kappa shape index (κ1) is 19.2. The van der Waals surface area contributed by atoms with Crippen molar-refractivity contribution in [3.63, 3.8) is 0 Å². The Morgan fingerprint density at radius 1 is 1.00 bits per heavy atom. The molecule has 2 aromatic carbocycles. The van der Waals surface area contributed by atoms with Crippen molar-refractivity contribution in [2.24, 2.45) is 5.92 Å². The molecule has 148 valence electrons. The molecule has 0 amide bonds. The topological polar surface area (TPSA) is 49.8 Å². The molecular weight excluding hydrogens is 350 g/mol. The molecule has 1 saturated carbocycles. The van der Waals surface area contributed by atoms with E-state index >= 15 is 0 Å². The molecule has 1 N–H and O–H groups in total. The molecule has 1 saturated heterocycles. The second-order valence-electron chi connectivity index (χ2n) is 8.15. The van der Waals surface area contributed by atoms with Gasteiger partial charge in [0.05, 0.1) is 0 Å². The van der Waals surface area contributed by atoms with E-state index in [1.54, 1.807) is 0 Å². The van der Waals surface area contributed by atoms with Gasteiger partial charge in [0.1, 0.15) is 6.10 Å². The summed E-state index contributed by atoms with van der Waals surface area (Å²) in [6.07, 6.45) is 4.50. The van der Waals surface area contributed by atoms with Gasteiger partial charge in [-0.05, 0) is 30.4 Å². The van der Waals surface area contributed by atoms with Crippen molar-refractivity contribution in [1.29, 1.82) is 0 Å². The Hall–Kier alpha value is -2.17. The number of benzene rings is 2. The van der Waals surface area contributed by atoms with Gasteiger partial charge in [0, 0.05) is 25.6 Å². The minimum Gasteiger partial charge on any atom is -0.459 e. The van der Waals surface area contributed by atoms with Gasteiger partial charge in [-0.15, -0.1) is 0 Å². The van der Waals surface area contributed by atoms with E-state index in [9.17, 15) is 9.90 Å². The van der Waals surface area contributed by atoms with Crippen LogP contribution in [0.2, 0.25) is 0 Å². The summed E-state index contributed by atoms with van der Waals surface area (Å²) in [4.78, 5) is 15.5. The number of likely N-dealkylation sites (tertiary alicyclic amines) is 1. The van der Waals surface area contributed by atoms with Gasteiger partial charge >= 0.3 is 5.97 Å². The van der Waals surface area contributed by atoms with Gasteiger partial charge in [0.25, 0.3) is 0 Å². The van der Waals surface area contributed by atoms with Crippen LogP contribution >= 0.6 is 0 Å². The van der Waals surface area contributed by atoms with E-state index in [2.05, 4.69) is 17.0 Å². The van der Waals surface area contributed by atoms with Crippen LogP contribution in [0.3, 0.4) is 0 Å². The number of carbonyl (C=O) groups is 1. The number of rotatable bonds is 6. The molecule has 1 unspecified atom stereocenters. The van der Waals surface area contributed by atoms with Crippen LogP contribution in [0.25, 0.3) is 0 Å². The van der Waals surface area contributed by atoms with E-state index in [-0.39, 0.29) is 12.0 Å². The van der Waals surface area contributed by atoms with Crippen molar-refractivity contribution in [2.75, 3.05) is 13.1 Å². The number of aliphatic hydroxyl groups is 1. The zero-order valence-electron chi connectivity index (χ0n) is 16.3. The minimum absolute atomic E-state index is 0.0655. The summed E-state index contributed by atoms with van der Waals surface area (Å²) in [5, 5.41) is 11.5. The summed E-state index contributed by atoms with van der Waals surface area (Å²) in [6.45, 7) is 2.48. The van der Waals surface area contributed by atoms with Crippen molar-refractivity contribution in [3.05, 3.63) is 71.8 Å². The average molecular weight is 380 g/mol. The lowest BCUT2D eigenvalue weighted by Gasteiger charge is -2.33. The maximum absolute atomic E-state index is 13.2. The number of carbonyl (C=O) groups excluding carboxylic acids is 1. The third-order valence-electron chi connectivity index (χ3n) is 6.22. The fourth-order valence-electron chi connectivity index (χ4n) is 4.68. The molecule has 4 nitrogen and oxygen atoms in total. The van der Waals surface area contributed by atoms with Crippen molar-refractivity contribution in [3.8, 4) is 0 Å². The predicted octanol–water partition coefficient (Wildman–Crippen LogP) is 3.88. The van der Waals surface area contributed by atoms with Gasteiger partial charge in [-0.1, -0.05) is 73.5 Å². The fraction of sp³-hybridized carbons (Fsp3) is 0.458. The smallest absolute Gasteiger partial charge is 0.343 e. The SMILES string of the molecule is O=C(O[C@H]1CCN(Cc2ccccc2)C1)C(O)(c1ccccc1)C1CCCC1. The summed E-state index contributed by atoms with van der Waals surface area (Å²) >= 11 is 0. The third-order valence-corrected chi connectivity index (χ3v) is 6.22. The molecule has 4 rings (SSSR count). The number of ether oxygens (including phenoxy) is 1. The van der Waals surface area contributed by atoms with Gasteiger partial charge < -0.3 is 9.84 Å². The van der Waals surface area contributed by atoms with Crippen LogP contribution in [-0.2, 0) is 21.7 Å². The molecule has 2 aromatic rings.